The van der Waals surface area contributed by atoms with E-state index in [0.717, 1.165) is 0 Å². The number of aromatic amines is 1. The molecule has 0 amide bonds. The van der Waals surface area contributed by atoms with Gasteiger partial charge in [-0.05, 0) is 19.1 Å². The van der Waals surface area contributed by atoms with Crippen LogP contribution in [0, 0.1) is 11.7 Å². The van der Waals surface area contributed by atoms with E-state index in [1.54, 1.807) is 20.2 Å². The Hall–Kier alpha value is -0.900. The maximum atomic E-state index is 11.1. The van der Waals surface area contributed by atoms with Crippen LogP contribution in [-0.2, 0) is 7.05 Å². The number of nitrogens with one attached hydrogen (secondary N) is 1. The van der Waals surface area contributed by atoms with Crippen molar-refractivity contribution in [2.45, 2.75) is 6.92 Å². The lowest BCUT2D eigenvalue weighted by atomic mass is 10.4. The standard InChI is InChI=1S/C6H8N2OS/c1-4-3-7-6(10)8(2)5(4)9/h3H,1-2H3,(H,7,10). The lowest BCUT2D eigenvalue weighted by Gasteiger charge is -1.96. The predicted molar refractivity (Wildman–Crippen MR) is 41.6 cm³/mol. The quantitative estimate of drug-likeness (QED) is 0.563. The summed E-state index contributed by atoms with van der Waals surface area (Å²) in [5.41, 5.74) is 0.639. The third kappa shape index (κ3) is 1.02. The minimum atomic E-state index is -0.0382. The van der Waals surface area contributed by atoms with Gasteiger partial charge in [0, 0.05) is 18.8 Å². The molecule has 3 nitrogen and oxygen atoms in total. The molecular weight excluding hydrogens is 148 g/mol. The number of hydrogen-bond donors (Lipinski definition) is 1. The predicted octanol–water partition coefficient (Wildman–Crippen LogP) is 0.751. The second-order valence-corrected chi connectivity index (χ2v) is 2.53. The summed E-state index contributed by atoms with van der Waals surface area (Å²) in [5.74, 6) is 0. The fraction of sp³-hybridized carbons (Fsp3) is 0.333. The van der Waals surface area contributed by atoms with E-state index in [0.29, 0.717) is 10.3 Å². The van der Waals surface area contributed by atoms with Crippen LogP contribution in [0.15, 0.2) is 11.0 Å². The number of nitrogens with zero attached hydrogens (tertiary/aromatic N) is 1. The lowest BCUT2D eigenvalue weighted by molar-refractivity contribution is 0.794. The average molecular weight is 156 g/mol. The maximum Gasteiger partial charge on any atom is 0.256 e. The van der Waals surface area contributed by atoms with Gasteiger partial charge in [-0.1, -0.05) is 0 Å². The van der Waals surface area contributed by atoms with Crippen LogP contribution >= 0.6 is 12.2 Å². The van der Waals surface area contributed by atoms with Crippen molar-refractivity contribution in [3.63, 3.8) is 0 Å². The molecule has 1 heterocycles. The van der Waals surface area contributed by atoms with Crippen molar-refractivity contribution < 1.29 is 0 Å². The SMILES string of the molecule is Cc1c[nH]c(=S)n(C)c1=O. The Bertz CT molecular complexity index is 350. The van der Waals surface area contributed by atoms with Crippen LogP contribution in [0.3, 0.4) is 0 Å². The molecule has 54 valence electrons. The first-order valence-electron chi connectivity index (χ1n) is 2.88. The fourth-order valence-electron chi connectivity index (χ4n) is 0.685. The highest BCUT2D eigenvalue weighted by Gasteiger charge is 1.93. The normalized spacial score (nSPS) is 9.80. The summed E-state index contributed by atoms with van der Waals surface area (Å²) in [6.07, 6.45) is 1.62. The van der Waals surface area contributed by atoms with Crippen molar-refractivity contribution in [3.8, 4) is 0 Å². The third-order valence-corrected chi connectivity index (χ3v) is 1.75. The van der Waals surface area contributed by atoms with Crippen LogP contribution in [0.2, 0.25) is 0 Å². The molecule has 0 bridgehead atoms. The molecule has 0 radical (unpaired) electrons. The molecule has 0 fully saturated rings. The summed E-state index contributed by atoms with van der Waals surface area (Å²) in [6, 6.07) is 0. The Morgan fingerprint density at radius 3 is 2.80 bits per heavy atom. The van der Waals surface area contributed by atoms with Gasteiger partial charge in [-0.25, -0.2) is 0 Å². The molecular formula is C6H8N2OS. The van der Waals surface area contributed by atoms with Gasteiger partial charge in [0.2, 0.25) is 0 Å². The van der Waals surface area contributed by atoms with Crippen molar-refractivity contribution in [2.24, 2.45) is 7.05 Å². The molecule has 0 aliphatic carbocycles. The molecule has 0 aromatic carbocycles. The van der Waals surface area contributed by atoms with E-state index >= 15 is 0 Å². The summed E-state index contributed by atoms with van der Waals surface area (Å²) in [6.45, 7) is 1.74. The topological polar surface area (TPSA) is 37.8 Å². The number of aryl methyl sites for hydroxylation is 1. The van der Waals surface area contributed by atoms with Crippen LogP contribution in [-0.4, -0.2) is 9.55 Å². The van der Waals surface area contributed by atoms with Crippen molar-refractivity contribution in [2.75, 3.05) is 0 Å². The van der Waals surface area contributed by atoms with Crippen molar-refractivity contribution in [1.82, 2.24) is 9.55 Å². The molecule has 0 aliphatic heterocycles. The monoisotopic (exact) mass is 156 g/mol. The van der Waals surface area contributed by atoms with Crippen LogP contribution in [0.4, 0.5) is 0 Å². The molecule has 0 saturated heterocycles. The number of rotatable bonds is 0. The van der Waals surface area contributed by atoms with Gasteiger partial charge in [-0.3, -0.25) is 9.36 Å². The molecule has 0 aliphatic rings. The minimum absolute atomic E-state index is 0.0382. The summed E-state index contributed by atoms with van der Waals surface area (Å²) < 4.78 is 1.86. The molecule has 1 N–H and O–H groups in total. The van der Waals surface area contributed by atoms with E-state index < -0.39 is 0 Å². The van der Waals surface area contributed by atoms with Crippen molar-refractivity contribution >= 4 is 12.2 Å². The molecule has 0 atom stereocenters. The Morgan fingerprint density at radius 1 is 1.70 bits per heavy atom. The van der Waals surface area contributed by atoms with Crippen LogP contribution < -0.4 is 5.56 Å². The van der Waals surface area contributed by atoms with E-state index in [2.05, 4.69) is 4.98 Å². The van der Waals surface area contributed by atoms with E-state index in [4.69, 9.17) is 12.2 Å². The van der Waals surface area contributed by atoms with E-state index in [1.807, 2.05) is 0 Å². The molecule has 0 unspecified atom stereocenters. The van der Waals surface area contributed by atoms with Gasteiger partial charge < -0.3 is 4.98 Å². The smallest absolute Gasteiger partial charge is 0.256 e. The second kappa shape index (κ2) is 2.38. The second-order valence-electron chi connectivity index (χ2n) is 2.14. The first-order chi connectivity index (χ1) is 4.63. The Morgan fingerprint density at radius 2 is 2.30 bits per heavy atom. The maximum absolute atomic E-state index is 11.1. The highest BCUT2D eigenvalue weighted by atomic mass is 32.1. The van der Waals surface area contributed by atoms with Gasteiger partial charge in [-0.15, -0.1) is 0 Å². The largest absolute Gasteiger partial charge is 0.338 e. The zero-order chi connectivity index (χ0) is 7.72. The Labute approximate surface area is 63.3 Å². The van der Waals surface area contributed by atoms with Crippen molar-refractivity contribution in [1.29, 1.82) is 0 Å². The molecule has 1 aromatic heterocycles. The Balaban J connectivity index is 3.66. The first-order valence-corrected chi connectivity index (χ1v) is 3.29. The summed E-state index contributed by atoms with van der Waals surface area (Å²) in [4.78, 5) is 13.9. The van der Waals surface area contributed by atoms with Gasteiger partial charge in [0.05, 0.1) is 0 Å². The van der Waals surface area contributed by atoms with Gasteiger partial charge in [0.1, 0.15) is 0 Å². The highest BCUT2D eigenvalue weighted by molar-refractivity contribution is 7.71. The first kappa shape index (κ1) is 7.21. The zero-order valence-corrected chi connectivity index (χ0v) is 6.66. The summed E-state index contributed by atoms with van der Waals surface area (Å²) in [7, 11) is 1.65. The van der Waals surface area contributed by atoms with E-state index in [1.165, 1.54) is 4.57 Å². The van der Waals surface area contributed by atoms with Crippen molar-refractivity contribution in [3.05, 3.63) is 26.9 Å². The molecule has 0 spiro atoms. The highest BCUT2D eigenvalue weighted by Crippen LogP contribution is 1.83. The molecule has 1 rings (SSSR count). The van der Waals surface area contributed by atoms with Gasteiger partial charge in [-0.2, -0.15) is 0 Å². The van der Waals surface area contributed by atoms with Gasteiger partial charge in [0.15, 0.2) is 4.77 Å². The number of hydrogen-bond acceptors (Lipinski definition) is 2. The Kier molecular flexibility index (Phi) is 1.72. The van der Waals surface area contributed by atoms with Crippen LogP contribution in [0.25, 0.3) is 0 Å². The number of aromatic nitrogens is 2. The summed E-state index contributed by atoms with van der Waals surface area (Å²) in [5, 5.41) is 0. The van der Waals surface area contributed by atoms with Crippen LogP contribution in [0.1, 0.15) is 5.56 Å². The summed E-state index contributed by atoms with van der Waals surface area (Å²) >= 11 is 4.81. The molecule has 10 heavy (non-hydrogen) atoms. The van der Waals surface area contributed by atoms with Gasteiger partial charge >= 0.3 is 0 Å². The van der Waals surface area contributed by atoms with Gasteiger partial charge in [0.25, 0.3) is 5.56 Å². The van der Waals surface area contributed by atoms with E-state index in [-0.39, 0.29) is 5.56 Å². The zero-order valence-electron chi connectivity index (χ0n) is 5.84. The molecule has 4 heteroatoms. The van der Waals surface area contributed by atoms with E-state index in [9.17, 15) is 4.79 Å². The number of H-pyrrole nitrogens is 1. The minimum Gasteiger partial charge on any atom is -0.338 e. The fourth-order valence-corrected chi connectivity index (χ4v) is 0.827. The average Bonchev–Trinajstić information content (AvgIpc) is 1.93. The third-order valence-electron chi connectivity index (χ3n) is 1.36. The molecule has 0 saturated carbocycles. The lowest BCUT2D eigenvalue weighted by Crippen LogP contribution is -2.20. The molecule has 1 aromatic rings. The van der Waals surface area contributed by atoms with Crippen LogP contribution in [0.5, 0.6) is 0 Å².